The quantitative estimate of drug-likeness (QED) is 0.728. The topological polar surface area (TPSA) is 45.5 Å². The third-order valence-electron chi connectivity index (χ3n) is 4.89. The molecule has 0 spiro atoms. The highest BCUT2D eigenvalue weighted by atomic mass is 16.3. The standard InChI is InChI=1S/C23H26N2O2/c1-5-7-9-19(6-2)24-21-14-16(3)25(17(4)26)22-12-11-18(15-20(21)22)23-10-8-13-27-23/h5-13,15-16,21,24H,1,14H2,2-4H3/b9-7-,19-6+. The lowest BCUT2D eigenvalue weighted by atomic mass is 9.89. The minimum Gasteiger partial charge on any atom is -0.464 e. The molecule has 1 aliphatic heterocycles. The van der Waals surface area contributed by atoms with E-state index in [0.717, 1.165) is 34.7 Å². The Morgan fingerprint density at radius 3 is 2.81 bits per heavy atom. The molecule has 27 heavy (non-hydrogen) atoms. The Morgan fingerprint density at radius 1 is 1.37 bits per heavy atom. The molecule has 0 aliphatic carbocycles. The van der Waals surface area contributed by atoms with Crippen molar-refractivity contribution in [2.75, 3.05) is 4.90 Å². The van der Waals surface area contributed by atoms with Crippen LogP contribution in [-0.2, 0) is 4.79 Å². The Hall–Kier alpha value is -3.01. The van der Waals surface area contributed by atoms with E-state index < -0.39 is 0 Å². The Balaban J connectivity index is 2.04. The number of amides is 1. The Bertz CT molecular complexity index is 878. The number of nitrogens with zero attached hydrogens (tertiary/aromatic N) is 1. The van der Waals surface area contributed by atoms with Gasteiger partial charge in [-0.05, 0) is 62.2 Å². The summed E-state index contributed by atoms with van der Waals surface area (Å²) < 4.78 is 5.56. The van der Waals surface area contributed by atoms with E-state index in [9.17, 15) is 4.79 Å². The number of carbonyl (C=O) groups excluding carboxylic acids is 1. The number of nitrogens with one attached hydrogen (secondary N) is 1. The van der Waals surface area contributed by atoms with E-state index in [1.807, 2.05) is 54.3 Å². The number of rotatable bonds is 5. The van der Waals surface area contributed by atoms with Gasteiger partial charge in [0.05, 0.1) is 12.3 Å². The first-order chi connectivity index (χ1) is 13.0. The van der Waals surface area contributed by atoms with Gasteiger partial charge in [0.15, 0.2) is 0 Å². The summed E-state index contributed by atoms with van der Waals surface area (Å²) >= 11 is 0. The first kappa shape index (κ1) is 18.8. The highest BCUT2D eigenvalue weighted by Crippen LogP contribution is 2.40. The van der Waals surface area contributed by atoms with Gasteiger partial charge in [-0.25, -0.2) is 0 Å². The van der Waals surface area contributed by atoms with E-state index >= 15 is 0 Å². The molecule has 1 amide bonds. The van der Waals surface area contributed by atoms with Gasteiger partial charge in [0.25, 0.3) is 0 Å². The zero-order valence-corrected chi connectivity index (χ0v) is 16.1. The predicted octanol–water partition coefficient (Wildman–Crippen LogP) is 5.37. The second kappa shape index (κ2) is 8.12. The van der Waals surface area contributed by atoms with Crippen LogP contribution in [0, 0.1) is 0 Å². The first-order valence-corrected chi connectivity index (χ1v) is 9.24. The third-order valence-corrected chi connectivity index (χ3v) is 4.89. The van der Waals surface area contributed by atoms with Crippen molar-refractivity contribution < 1.29 is 9.21 Å². The average Bonchev–Trinajstić information content (AvgIpc) is 3.19. The van der Waals surface area contributed by atoms with Gasteiger partial charge >= 0.3 is 0 Å². The summed E-state index contributed by atoms with van der Waals surface area (Å²) in [6, 6.07) is 10.2. The molecule has 0 bridgehead atoms. The van der Waals surface area contributed by atoms with Crippen molar-refractivity contribution in [2.24, 2.45) is 0 Å². The van der Waals surface area contributed by atoms with Gasteiger partial charge in [0, 0.05) is 29.9 Å². The maximum Gasteiger partial charge on any atom is 0.224 e. The molecule has 1 aromatic carbocycles. The van der Waals surface area contributed by atoms with Crippen LogP contribution in [-0.4, -0.2) is 11.9 Å². The Kier molecular flexibility index (Phi) is 5.65. The molecule has 1 aromatic heterocycles. The lowest BCUT2D eigenvalue weighted by Crippen LogP contribution is -2.44. The average molecular weight is 362 g/mol. The number of allylic oxidation sites excluding steroid dienone is 4. The van der Waals surface area contributed by atoms with E-state index in [1.54, 1.807) is 19.3 Å². The fraction of sp³-hybridized carbons (Fsp3) is 0.261. The number of hydrogen-bond acceptors (Lipinski definition) is 3. The van der Waals surface area contributed by atoms with Crippen molar-refractivity contribution >= 4 is 11.6 Å². The Morgan fingerprint density at radius 2 is 2.19 bits per heavy atom. The maximum absolute atomic E-state index is 12.3. The molecule has 140 valence electrons. The van der Waals surface area contributed by atoms with Crippen LogP contribution < -0.4 is 10.2 Å². The van der Waals surface area contributed by atoms with Gasteiger partial charge in [-0.15, -0.1) is 0 Å². The number of benzene rings is 1. The summed E-state index contributed by atoms with van der Waals surface area (Å²) in [6.45, 7) is 9.45. The molecule has 1 aliphatic rings. The van der Waals surface area contributed by atoms with Gasteiger partial charge in [-0.3, -0.25) is 4.79 Å². The molecule has 0 saturated heterocycles. The van der Waals surface area contributed by atoms with E-state index in [0.29, 0.717) is 0 Å². The molecule has 0 saturated carbocycles. The van der Waals surface area contributed by atoms with Crippen molar-refractivity contribution in [3.8, 4) is 11.3 Å². The summed E-state index contributed by atoms with van der Waals surface area (Å²) in [6.07, 6.45) is 10.2. The molecule has 2 aromatic rings. The van der Waals surface area contributed by atoms with Gasteiger partial charge in [0.1, 0.15) is 5.76 Å². The van der Waals surface area contributed by atoms with Crippen LogP contribution in [0.2, 0.25) is 0 Å². The van der Waals surface area contributed by atoms with Gasteiger partial charge < -0.3 is 14.6 Å². The molecular weight excluding hydrogens is 336 g/mol. The van der Waals surface area contributed by atoms with Crippen LogP contribution in [0.4, 0.5) is 5.69 Å². The zero-order chi connectivity index (χ0) is 19.4. The number of carbonyl (C=O) groups is 1. The highest BCUT2D eigenvalue weighted by Gasteiger charge is 2.32. The van der Waals surface area contributed by atoms with Gasteiger partial charge in [-0.2, -0.15) is 0 Å². The second-order valence-electron chi connectivity index (χ2n) is 6.76. The summed E-state index contributed by atoms with van der Waals surface area (Å²) in [5, 5.41) is 3.62. The zero-order valence-electron chi connectivity index (χ0n) is 16.1. The molecule has 0 fully saturated rings. The summed E-state index contributed by atoms with van der Waals surface area (Å²) in [5.74, 6) is 0.883. The molecule has 1 N–H and O–H groups in total. The molecular formula is C23H26N2O2. The number of furan rings is 1. The largest absolute Gasteiger partial charge is 0.464 e. The van der Waals surface area contributed by atoms with Crippen molar-refractivity contribution in [3.05, 3.63) is 78.7 Å². The van der Waals surface area contributed by atoms with Gasteiger partial charge in [0.2, 0.25) is 5.91 Å². The van der Waals surface area contributed by atoms with E-state index in [-0.39, 0.29) is 18.0 Å². The molecule has 3 rings (SSSR count). The molecule has 4 nitrogen and oxygen atoms in total. The van der Waals surface area contributed by atoms with Crippen LogP contribution in [0.15, 0.2) is 77.6 Å². The molecule has 2 atom stereocenters. The lowest BCUT2D eigenvalue weighted by molar-refractivity contribution is -0.117. The van der Waals surface area contributed by atoms with E-state index in [2.05, 4.69) is 24.9 Å². The normalized spacial score (nSPS) is 19.8. The van der Waals surface area contributed by atoms with Crippen LogP contribution in [0.5, 0.6) is 0 Å². The number of anilines is 1. The fourth-order valence-corrected chi connectivity index (χ4v) is 3.68. The highest BCUT2D eigenvalue weighted by molar-refractivity contribution is 5.94. The summed E-state index contributed by atoms with van der Waals surface area (Å²) in [4.78, 5) is 14.1. The van der Waals surface area contributed by atoms with Crippen LogP contribution in [0.25, 0.3) is 11.3 Å². The third kappa shape index (κ3) is 3.90. The predicted molar refractivity (Wildman–Crippen MR) is 110 cm³/mol. The van der Waals surface area contributed by atoms with E-state index in [1.165, 1.54) is 0 Å². The van der Waals surface area contributed by atoms with Crippen LogP contribution in [0.1, 0.15) is 38.8 Å². The maximum atomic E-state index is 12.3. The number of hydrogen-bond donors (Lipinski definition) is 1. The van der Waals surface area contributed by atoms with Crippen LogP contribution >= 0.6 is 0 Å². The fourth-order valence-electron chi connectivity index (χ4n) is 3.68. The smallest absolute Gasteiger partial charge is 0.224 e. The van der Waals surface area contributed by atoms with Crippen molar-refractivity contribution in [1.82, 2.24) is 5.32 Å². The monoisotopic (exact) mass is 362 g/mol. The minimum atomic E-state index is 0.0609. The summed E-state index contributed by atoms with van der Waals surface area (Å²) in [5.41, 5.74) is 4.09. The molecule has 2 unspecified atom stereocenters. The summed E-state index contributed by atoms with van der Waals surface area (Å²) in [7, 11) is 0. The lowest BCUT2D eigenvalue weighted by Gasteiger charge is -2.40. The van der Waals surface area contributed by atoms with Crippen molar-refractivity contribution in [3.63, 3.8) is 0 Å². The first-order valence-electron chi connectivity index (χ1n) is 9.24. The second-order valence-corrected chi connectivity index (χ2v) is 6.76. The molecule has 2 heterocycles. The Labute approximate surface area is 160 Å². The van der Waals surface area contributed by atoms with E-state index in [4.69, 9.17) is 4.42 Å². The molecule has 4 heteroatoms. The van der Waals surface area contributed by atoms with Crippen LogP contribution in [0.3, 0.4) is 0 Å². The van der Waals surface area contributed by atoms with Gasteiger partial charge in [-0.1, -0.05) is 24.8 Å². The SMILES string of the molecule is C=C/C=C\C(=C/C)NC1CC(C)N(C(C)=O)c2ccc(-c3ccco3)cc21. The number of fused-ring (bicyclic) bond motifs is 1. The van der Waals surface area contributed by atoms with Crippen molar-refractivity contribution in [2.45, 2.75) is 39.3 Å². The minimum absolute atomic E-state index is 0.0609. The molecule has 0 radical (unpaired) electrons. The van der Waals surface area contributed by atoms with Crippen molar-refractivity contribution in [1.29, 1.82) is 0 Å².